The third kappa shape index (κ3) is 2.68. The molecule has 0 saturated heterocycles. The third-order valence-corrected chi connectivity index (χ3v) is 2.37. The smallest absolute Gasteiger partial charge is 0.159 e. The van der Waals surface area contributed by atoms with Gasteiger partial charge in [0.1, 0.15) is 5.82 Å². The summed E-state index contributed by atoms with van der Waals surface area (Å²) in [6.07, 6.45) is 2.20. The van der Waals surface area contributed by atoms with E-state index < -0.39 is 11.6 Å². The first kappa shape index (κ1) is 11.7. The average Bonchev–Trinajstić information content (AvgIpc) is 2.69. The van der Waals surface area contributed by atoms with Crippen LogP contribution in [0.3, 0.4) is 0 Å². The Morgan fingerprint density at radius 1 is 1.35 bits per heavy atom. The van der Waals surface area contributed by atoms with Gasteiger partial charge in [-0.15, -0.1) is 0 Å². The fraction of sp³-hybridized carbons (Fsp3) is 0.250. The lowest BCUT2D eigenvalue weighted by Gasteiger charge is -2.01. The van der Waals surface area contributed by atoms with E-state index in [1.54, 1.807) is 6.20 Å². The van der Waals surface area contributed by atoms with Crippen molar-refractivity contribution in [2.45, 2.75) is 19.4 Å². The monoisotopic (exact) mass is 237 g/mol. The molecule has 0 aliphatic carbocycles. The highest BCUT2D eigenvalue weighted by atomic mass is 19.2. The van der Waals surface area contributed by atoms with Gasteiger partial charge in [0.2, 0.25) is 0 Å². The second kappa shape index (κ2) is 4.63. The molecule has 0 bridgehead atoms. The van der Waals surface area contributed by atoms with E-state index in [2.05, 4.69) is 9.97 Å². The van der Waals surface area contributed by atoms with Crippen molar-refractivity contribution in [2.75, 3.05) is 0 Å². The lowest BCUT2D eigenvalue weighted by molar-refractivity contribution is 0.509. The van der Waals surface area contributed by atoms with E-state index in [1.807, 2.05) is 6.92 Å². The minimum atomic E-state index is -0.870. The zero-order valence-corrected chi connectivity index (χ0v) is 9.37. The molecule has 0 spiro atoms. The molecule has 0 saturated carbocycles. The van der Waals surface area contributed by atoms with E-state index in [1.165, 1.54) is 6.07 Å². The van der Waals surface area contributed by atoms with Gasteiger partial charge in [0.15, 0.2) is 11.6 Å². The van der Waals surface area contributed by atoms with Gasteiger partial charge in [-0.2, -0.15) is 0 Å². The number of nitrogens with zero attached hydrogens (tertiary/aromatic N) is 1. The van der Waals surface area contributed by atoms with Crippen LogP contribution < -0.4 is 5.73 Å². The largest absolute Gasteiger partial charge is 0.342 e. The number of halogens is 2. The predicted octanol–water partition coefficient (Wildman–Crippen LogP) is 2.24. The van der Waals surface area contributed by atoms with Gasteiger partial charge in [-0.25, -0.2) is 13.8 Å². The van der Waals surface area contributed by atoms with Gasteiger partial charge >= 0.3 is 0 Å². The average molecular weight is 237 g/mol. The van der Waals surface area contributed by atoms with Crippen molar-refractivity contribution in [3.05, 3.63) is 41.9 Å². The van der Waals surface area contributed by atoms with Crippen LogP contribution in [0.5, 0.6) is 0 Å². The zero-order chi connectivity index (χ0) is 12.4. The molecule has 1 atom stereocenters. The Hall–Kier alpha value is -1.75. The number of benzene rings is 1. The Morgan fingerprint density at radius 2 is 2.12 bits per heavy atom. The highest BCUT2D eigenvalue weighted by Gasteiger charge is 2.08. The van der Waals surface area contributed by atoms with Crippen molar-refractivity contribution in [3.63, 3.8) is 0 Å². The molecule has 3 nitrogen and oxygen atoms in total. The second-order valence-corrected chi connectivity index (χ2v) is 4.05. The van der Waals surface area contributed by atoms with Crippen molar-refractivity contribution < 1.29 is 8.78 Å². The number of aromatic nitrogens is 2. The molecule has 0 aliphatic heterocycles. The minimum Gasteiger partial charge on any atom is -0.342 e. The van der Waals surface area contributed by atoms with Crippen molar-refractivity contribution >= 4 is 0 Å². The van der Waals surface area contributed by atoms with Crippen molar-refractivity contribution in [3.8, 4) is 11.3 Å². The highest BCUT2D eigenvalue weighted by Crippen LogP contribution is 2.19. The quantitative estimate of drug-likeness (QED) is 0.860. The summed E-state index contributed by atoms with van der Waals surface area (Å²) in [4.78, 5) is 7.16. The molecule has 5 heteroatoms. The first-order chi connectivity index (χ1) is 8.06. The van der Waals surface area contributed by atoms with Crippen molar-refractivity contribution in [1.82, 2.24) is 9.97 Å². The molecule has 1 unspecified atom stereocenters. The van der Waals surface area contributed by atoms with Crippen LogP contribution in [0.25, 0.3) is 11.3 Å². The second-order valence-electron chi connectivity index (χ2n) is 4.05. The number of hydrogen-bond donors (Lipinski definition) is 2. The van der Waals surface area contributed by atoms with Crippen LogP contribution in [0.1, 0.15) is 12.7 Å². The Morgan fingerprint density at radius 3 is 2.76 bits per heavy atom. The summed E-state index contributed by atoms with van der Waals surface area (Å²) in [5, 5.41) is 0. The molecular weight excluding hydrogens is 224 g/mol. The third-order valence-electron chi connectivity index (χ3n) is 2.37. The molecule has 1 aromatic heterocycles. The SMILES string of the molecule is CC(N)Cc1ncc(-c2ccc(F)c(F)c2)[nH]1. The van der Waals surface area contributed by atoms with Gasteiger partial charge < -0.3 is 10.7 Å². The predicted molar refractivity (Wildman–Crippen MR) is 61.3 cm³/mol. The summed E-state index contributed by atoms with van der Waals surface area (Å²) in [6.45, 7) is 1.87. The molecule has 0 radical (unpaired) electrons. The summed E-state index contributed by atoms with van der Waals surface area (Å²) in [6, 6.07) is 3.73. The molecule has 3 N–H and O–H groups in total. The first-order valence-electron chi connectivity index (χ1n) is 5.31. The first-order valence-corrected chi connectivity index (χ1v) is 5.31. The van der Waals surface area contributed by atoms with Gasteiger partial charge in [-0.1, -0.05) is 0 Å². The molecule has 2 rings (SSSR count). The number of H-pyrrole nitrogens is 1. The minimum absolute atomic E-state index is 0.000969. The van der Waals surface area contributed by atoms with Crippen LogP contribution in [0.15, 0.2) is 24.4 Å². The van der Waals surface area contributed by atoms with E-state index >= 15 is 0 Å². The Bertz CT molecular complexity index is 520. The van der Waals surface area contributed by atoms with Gasteiger partial charge in [-0.05, 0) is 25.1 Å². The van der Waals surface area contributed by atoms with Crippen LogP contribution in [0, 0.1) is 11.6 Å². The van der Waals surface area contributed by atoms with Gasteiger partial charge in [0.25, 0.3) is 0 Å². The fourth-order valence-corrected chi connectivity index (χ4v) is 1.58. The molecular formula is C12H13F2N3. The molecule has 0 amide bonds. The number of rotatable bonds is 3. The number of imidazole rings is 1. The fourth-order valence-electron chi connectivity index (χ4n) is 1.58. The van der Waals surface area contributed by atoms with E-state index in [0.29, 0.717) is 17.7 Å². The van der Waals surface area contributed by atoms with Gasteiger partial charge in [0, 0.05) is 18.0 Å². The molecule has 1 aromatic carbocycles. The van der Waals surface area contributed by atoms with Crippen LogP contribution in [-0.4, -0.2) is 16.0 Å². The molecule has 90 valence electrons. The number of nitrogens with one attached hydrogen (secondary N) is 1. The lowest BCUT2D eigenvalue weighted by Crippen LogP contribution is -2.18. The summed E-state index contributed by atoms with van der Waals surface area (Å²) >= 11 is 0. The zero-order valence-electron chi connectivity index (χ0n) is 9.37. The number of hydrogen-bond acceptors (Lipinski definition) is 2. The molecule has 1 heterocycles. The van der Waals surface area contributed by atoms with E-state index in [0.717, 1.165) is 18.0 Å². The summed E-state index contributed by atoms with van der Waals surface area (Å²) in [5.41, 5.74) is 6.86. The standard InChI is InChI=1S/C12H13F2N3/c1-7(15)4-12-16-6-11(17-12)8-2-3-9(13)10(14)5-8/h2-3,5-7H,4,15H2,1H3,(H,16,17). The highest BCUT2D eigenvalue weighted by molar-refractivity contribution is 5.58. The van der Waals surface area contributed by atoms with E-state index in [4.69, 9.17) is 5.73 Å². The topological polar surface area (TPSA) is 54.7 Å². The van der Waals surface area contributed by atoms with E-state index in [-0.39, 0.29) is 6.04 Å². The Kier molecular flexibility index (Phi) is 3.19. The summed E-state index contributed by atoms with van der Waals surface area (Å²) < 4.78 is 25.8. The van der Waals surface area contributed by atoms with Gasteiger partial charge in [0.05, 0.1) is 11.9 Å². The maximum atomic E-state index is 13.1. The van der Waals surface area contributed by atoms with Gasteiger partial charge in [-0.3, -0.25) is 0 Å². The summed E-state index contributed by atoms with van der Waals surface area (Å²) in [5.74, 6) is -0.991. The van der Waals surface area contributed by atoms with E-state index in [9.17, 15) is 8.78 Å². The molecule has 0 fully saturated rings. The summed E-state index contributed by atoms with van der Waals surface area (Å²) in [7, 11) is 0. The normalized spacial score (nSPS) is 12.7. The maximum absolute atomic E-state index is 13.1. The van der Waals surface area contributed by atoms with Crippen LogP contribution in [0.4, 0.5) is 8.78 Å². The molecule has 0 aliphatic rings. The van der Waals surface area contributed by atoms with Crippen LogP contribution in [-0.2, 0) is 6.42 Å². The van der Waals surface area contributed by atoms with Crippen molar-refractivity contribution in [1.29, 1.82) is 0 Å². The lowest BCUT2D eigenvalue weighted by atomic mass is 10.1. The van der Waals surface area contributed by atoms with Crippen LogP contribution >= 0.6 is 0 Å². The van der Waals surface area contributed by atoms with Crippen molar-refractivity contribution in [2.24, 2.45) is 5.73 Å². The Labute approximate surface area is 97.7 Å². The van der Waals surface area contributed by atoms with Crippen LogP contribution in [0.2, 0.25) is 0 Å². The number of aromatic amines is 1. The Balaban J connectivity index is 2.27. The molecule has 17 heavy (non-hydrogen) atoms. The molecule has 2 aromatic rings. The maximum Gasteiger partial charge on any atom is 0.159 e. The number of nitrogens with two attached hydrogens (primary N) is 1.